The zero-order valence-electron chi connectivity index (χ0n) is 9.27. The predicted octanol–water partition coefficient (Wildman–Crippen LogP) is 1.26. The van der Waals surface area contributed by atoms with E-state index in [2.05, 4.69) is 25.4 Å². The van der Waals surface area contributed by atoms with Crippen LogP contribution in [0.3, 0.4) is 0 Å². The highest BCUT2D eigenvalue weighted by molar-refractivity contribution is 5.59. The van der Waals surface area contributed by atoms with Crippen molar-refractivity contribution in [2.24, 2.45) is 5.73 Å². The Balaban J connectivity index is 2.93. The number of rotatable bonds is 4. The summed E-state index contributed by atoms with van der Waals surface area (Å²) in [6.45, 7) is 8.53. The molecule has 1 aromatic rings. The van der Waals surface area contributed by atoms with Gasteiger partial charge in [0.1, 0.15) is 5.82 Å². The lowest BCUT2D eigenvalue weighted by Gasteiger charge is -2.28. The normalized spacial score (nSPS) is 10.4. The highest BCUT2D eigenvalue weighted by Gasteiger charge is 2.12. The van der Waals surface area contributed by atoms with Crippen molar-refractivity contribution in [1.82, 2.24) is 9.88 Å². The van der Waals surface area contributed by atoms with Crippen LogP contribution in [0.5, 0.6) is 0 Å². The van der Waals surface area contributed by atoms with Crippen LogP contribution >= 0.6 is 0 Å². The van der Waals surface area contributed by atoms with E-state index in [0.717, 1.165) is 11.4 Å². The summed E-state index contributed by atoms with van der Waals surface area (Å²) in [6, 6.07) is 5.78. The molecule has 0 aromatic carbocycles. The molecule has 1 rings (SSSR count). The van der Waals surface area contributed by atoms with Gasteiger partial charge < -0.3 is 16.4 Å². The molecule has 0 aliphatic rings. The molecule has 15 heavy (non-hydrogen) atoms. The van der Waals surface area contributed by atoms with Crippen molar-refractivity contribution in [3.8, 4) is 0 Å². The summed E-state index contributed by atoms with van der Waals surface area (Å²) in [7, 11) is 0. The number of nitrogens with zero attached hydrogens (tertiary/aromatic N) is 2. The maximum absolute atomic E-state index is 5.66. The van der Waals surface area contributed by atoms with Gasteiger partial charge >= 0.3 is 0 Å². The van der Waals surface area contributed by atoms with Crippen molar-refractivity contribution in [2.75, 3.05) is 12.4 Å². The highest BCUT2D eigenvalue weighted by Crippen LogP contribution is 2.17. The third-order valence-corrected chi connectivity index (χ3v) is 2.23. The van der Waals surface area contributed by atoms with Crippen LogP contribution in [0.1, 0.15) is 19.5 Å². The number of anilines is 1. The Bertz CT molecular complexity index is 346. The average molecular weight is 206 g/mol. The van der Waals surface area contributed by atoms with E-state index in [1.54, 1.807) is 6.07 Å². The topological polar surface area (TPSA) is 68.2 Å². The fraction of sp³-hybridized carbons (Fsp3) is 0.364. The van der Waals surface area contributed by atoms with Gasteiger partial charge in [-0.3, -0.25) is 0 Å². The Morgan fingerprint density at radius 1 is 1.53 bits per heavy atom. The molecule has 0 bridgehead atoms. The fourth-order valence-electron chi connectivity index (χ4n) is 1.39. The Hall–Kier alpha value is -1.55. The molecule has 0 spiro atoms. The largest absolute Gasteiger partial charge is 0.384 e. The Kier molecular flexibility index (Phi) is 3.68. The van der Waals surface area contributed by atoms with Crippen LogP contribution in [-0.4, -0.2) is 22.6 Å². The molecule has 0 saturated heterocycles. The van der Waals surface area contributed by atoms with Gasteiger partial charge in [0.05, 0.1) is 18.1 Å². The summed E-state index contributed by atoms with van der Waals surface area (Å²) in [5, 5.41) is 0. The van der Waals surface area contributed by atoms with Crippen molar-refractivity contribution in [2.45, 2.75) is 19.9 Å². The van der Waals surface area contributed by atoms with E-state index in [9.17, 15) is 0 Å². The number of aromatic nitrogens is 1. The first-order chi connectivity index (χ1) is 7.06. The van der Waals surface area contributed by atoms with E-state index >= 15 is 0 Å². The molecule has 0 unspecified atom stereocenters. The van der Waals surface area contributed by atoms with Crippen LogP contribution in [0.2, 0.25) is 0 Å². The Labute approximate surface area is 90.6 Å². The standard InChI is InChI=1S/C11H18N4/c1-8(2)15(7-12)9(3)10-5-4-6-11(13)14-10/h4-6,8H,3,7,12H2,1-2H3,(H2,13,14). The summed E-state index contributed by atoms with van der Waals surface area (Å²) in [6.07, 6.45) is 0. The molecule has 4 heteroatoms. The van der Waals surface area contributed by atoms with Crippen LogP contribution in [0, 0.1) is 0 Å². The number of hydrogen-bond donors (Lipinski definition) is 2. The first-order valence-corrected chi connectivity index (χ1v) is 4.94. The predicted molar refractivity (Wildman–Crippen MR) is 63.7 cm³/mol. The van der Waals surface area contributed by atoms with Crippen molar-refractivity contribution < 1.29 is 0 Å². The molecular formula is C11H18N4. The minimum absolute atomic E-state index is 0.297. The van der Waals surface area contributed by atoms with Crippen LogP contribution in [0.4, 0.5) is 5.82 Å². The second-order valence-electron chi connectivity index (χ2n) is 3.64. The molecule has 0 aliphatic carbocycles. The second kappa shape index (κ2) is 4.79. The SMILES string of the molecule is C=C(c1cccc(N)n1)N(CN)C(C)C. The quantitative estimate of drug-likeness (QED) is 0.728. The maximum atomic E-state index is 5.66. The van der Waals surface area contributed by atoms with E-state index in [-0.39, 0.29) is 0 Å². The minimum Gasteiger partial charge on any atom is -0.384 e. The first kappa shape index (κ1) is 11.5. The second-order valence-corrected chi connectivity index (χ2v) is 3.64. The fourth-order valence-corrected chi connectivity index (χ4v) is 1.39. The summed E-state index contributed by atoms with van der Waals surface area (Å²) in [4.78, 5) is 6.18. The van der Waals surface area contributed by atoms with E-state index in [1.165, 1.54) is 0 Å². The molecule has 0 atom stereocenters. The van der Waals surface area contributed by atoms with Gasteiger partial charge in [0.2, 0.25) is 0 Å². The zero-order chi connectivity index (χ0) is 11.4. The van der Waals surface area contributed by atoms with Crippen LogP contribution in [0.15, 0.2) is 24.8 Å². The molecule has 1 heterocycles. The molecule has 1 aromatic heterocycles. The van der Waals surface area contributed by atoms with Crippen LogP contribution in [-0.2, 0) is 0 Å². The van der Waals surface area contributed by atoms with Gasteiger partial charge in [-0.2, -0.15) is 0 Å². The van der Waals surface area contributed by atoms with E-state index < -0.39 is 0 Å². The van der Waals surface area contributed by atoms with Crippen molar-refractivity contribution in [3.05, 3.63) is 30.5 Å². The van der Waals surface area contributed by atoms with Crippen molar-refractivity contribution in [3.63, 3.8) is 0 Å². The molecule has 4 nitrogen and oxygen atoms in total. The summed E-state index contributed by atoms with van der Waals surface area (Å²) in [5.74, 6) is 0.495. The molecule has 0 aliphatic heterocycles. The van der Waals surface area contributed by atoms with Crippen LogP contribution < -0.4 is 11.5 Å². The highest BCUT2D eigenvalue weighted by atomic mass is 15.2. The lowest BCUT2D eigenvalue weighted by atomic mass is 10.2. The van der Waals surface area contributed by atoms with Gasteiger partial charge in [0.15, 0.2) is 0 Å². The van der Waals surface area contributed by atoms with Gasteiger partial charge in [0, 0.05) is 6.04 Å². The zero-order valence-corrected chi connectivity index (χ0v) is 9.27. The first-order valence-electron chi connectivity index (χ1n) is 4.94. The lowest BCUT2D eigenvalue weighted by molar-refractivity contribution is 0.339. The number of nitrogen functional groups attached to an aromatic ring is 1. The average Bonchev–Trinajstić information content (AvgIpc) is 2.18. The Morgan fingerprint density at radius 3 is 2.67 bits per heavy atom. The smallest absolute Gasteiger partial charge is 0.124 e. The van der Waals surface area contributed by atoms with Crippen molar-refractivity contribution >= 4 is 11.5 Å². The summed E-state index contributed by atoms with van der Waals surface area (Å²) >= 11 is 0. The van der Waals surface area contributed by atoms with Crippen molar-refractivity contribution in [1.29, 1.82) is 0 Å². The van der Waals surface area contributed by atoms with Gasteiger partial charge in [-0.25, -0.2) is 4.98 Å². The summed E-state index contributed by atoms with van der Waals surface area (Å²) in [5.41, 5.74) is 12.8. The third-order valence-electron chi connectivity index (χ3n) is 2.23. The van der Waals surface area contributed by atoms with Gasteiger partial charge in [-0.05, 0) is 26.0 Å². The number of hydrogen-bond acceptors (Lipinski definition) is 4. The van der Waals surface area contributed by atoms with Crippen LogP contribution in [0.25, 0.3) is 5.70 Å². The molecule has 0 fully saturated rings. The third kappa shape index (κ3) is 2.70. The lowest BCUT2D eigenvalue weighted by Crippen LogP contribution is -2.34. The van der Waals surface area contributed by atoms with Gasteiger partial charge in [-0.15, -0.1) is 0 Å². The summed E-state index contributed by atoms with van der Waals surface area (Å²) < 4.78 is 0. The van der Waals surface area contributed by atoms with E-state index in [0.29, 0.717) is 18.5 Å². The molecule has 0 radical (unpaired) electrons. The minimum atomic E-state index is 0.297. The molecule has 82 valence electrons. The molecule has 0 amide bonds. The van der Waals surface area contributed by atoms with E-state index in [4.69, 9.17) is 11.5 Å². The molecule has 4 N–H and O–H groups in total. The monoisotopic (exact) mass is 206 g/mol. The number of nitrogens with two attached hydrogens (primary N) is 2. The van der Waals surface area contributed by atoms with E-state index in [1.807, 2.05) is 17.0 Å². The molecular weight excluding hydrogens is 188 g/mol. The molecule has 0 saturated carbocycles. The Morgan fingerprint density at radius 2 is 2.20 bits per heavy atom. The van der Waals surface area contributed by atoms with Gasteiger partial charge in [0.25, 0.3) is 0 Å². The van der Waals surface area contributed by atoms with Gasteiger partial charge in [-0.1, -0.05) is 12.6 Å². The number of pyridine rings is 1. The maximum Gasteiger partial charge on any atom is 0.124 e.